The fourth-order valence-corrected chi connectivity index (χ4v) is 2.61. The summed E-state index contributed by atoms with van der Waals surface area (Å²) in [5.74, 6) is -0.529. The molecular weight excluding hydrogens is 230 g/mol. The molecule has 1 aliphatic heterocycles. The summed E-state index contributed by atoms with van der Waals surface area (Å²) in [6.45, 7) is 9.76. The molecule has 1 saturated heterocycles. The molecule has 1 heterocycles. The van der Waals surface area contributed by atoms with Crippen LogP contribution in [0.5, 0.6) is 0 Å². The summed E-state index contributed by atoms with van der Waals surface area (Å²) in [6, 6.07) is 0. The number of carboxylic acids is 1. The lowest BCUT2D eigenvalue weighted by Crippen LogP contribution is -2.53. The van der Waals surface area contributed by atoms with Gasteiger partial charge in [-0.05, 0) is 38.6 Å². The van der Waals surface area contributed by atoms with Crippen LogP contribution in [0.25, 0.3) is 0 Å². The van der Waals surface area contributed by atoms with Crippen molar-refractivity contribution in [1.29, 1.82) is 0 Å². The molecule has 106 valence electrons. The van der Waals surface area contributed by atoms with Crippen LogP contribution in [0.2, 0.25) is 0 Å². The van der Waals surface area contributed by atoms with Gasteiger partial charge in [0.15, 0.2) is 0 Å². The number of aliphatic hydroxyl groups is 1. The first-order valence-corrected chi connectivity index (χ1v) is 6.91. The fraction of sp³-hybridized carbons (Fsp3) is 0.929. The molecule has 0 saturated carbocycles. The van der Waals surface area contributed by atoms with Crippen molar-refractivity contribution < 1.29 is 15.0 Å². The zero-order valence-electron chi connectivity index (χ0n) is 12.1. The molecule has 1 fully saturated rings. The number of hydrogen-bond donors (Lipinski definition) is 2. The Kier molecular flexibility index (Phi) is 4.78. The van der Waals surface area contributed by atoms with Crippen molar-refractivity contribution in [2.75, 3.05) is 19.6 Å². The molecule has 1 rings (SSSR count). The normalized spacial score (nSPS) is 29.2. The molecule has 0 radical (unpaired) electrons. The van der Waals surface area contributed by atoms with E-state index in [0.717, 1.165) is 19.4 Å². The van der Waals surface area contributed by atoms with Gasteiger partial charge in [0.25, 0.3) is 0 Å². The van der Waals surface area contributed by atoms with Gasteiger partial charge in [-0.3, -0.25) is 9.69 Å². The van der Waals surface area contributed by atoms with E-state index in [4.69, 9.17) is 0 Å². The molecule has 1 aliphatic rings. The van der Waals surface area contributed by atoms with Crippen molar-refractivity contribution in [3.05, 3.63) is 0 Å². The number of hydrogen-bond acceptors (Lipinski definition) is 3. The predicted molar refractivity (Wildman–Crippen MR) is 71.5 cm³/mol. The van der Waals surface area contributed by atoms with Crippen LogP contribution in [0.3, 0.4) is 0 Å². The highest BCUT2D eigenvalue weighted by Gasteiger charge is 2.42. The minimum atomic E-state index is -0.755. The van der Waals surface area contributed by atoms with Crippen molar-refractivity contribution in [2.24, 2.45) is 11.3 Å². The van der Waals surface area contributed by atoms with Gasteiger partial charge in [0.2, 0.25) is 0 Å². The summed E-state index contributed by atoms with van der Waals surface area (Å²) in [5, 5.41) is 19.8. The van der Waals surface area contributed by atoms with Gasteiger partial charge in [-0.15, -0.1) is 0 Å². The first-order chi connectivity index (χ1) is 8.23. The summed E-state index contributed by atoms with van der Waals surface area (Å²) in [4.78, 5) is 13.6. The molecule has 4 nitrogen and oxygen atoms in total. The molecule has 2 N–H and O–H groups in total. The van der Waals surface area contributed by atoms with Crippen LogP contribution in [0.1, 0.15) is 47.0 Å². The van der Waals surface area contributed by atoms with E-state index in [2.05, 4.69) is 4.90 Å². The third-order valence-corrected chi connectivity index (χ3v) is 4.57. The van der Waals surface area contributed by atoms with Gasteiger partial charge in [-0.25, -0.2) is 0 Å². The first-order valence-electron chi connectivity index (χ1n) is 6.91. The molecule has 18 heavy (non-hydrogen) atoms. The number of carboxylic acid groups (broad SMARTS) is 1. The second-order valence-corrected chi connectivity index (χ2v) is 6.27. The molecule has 0 amide bonds. The molecule has 0 bridgehead atoms. The van der Waals surface area contributed by atoms with Crippen LogP contribution in [0, 0.1) is 11.3 Å². The molecule has 0 aromatic rings. The van der Waals surface area contributed by atoms with Gasteiger partial charge in [-0.1, -0.05) is 20.8 Å². The molecule has 0 spiro atoms. The van der Waals surface area contributed by atoms with Gasteiger partial charge < -0.3 is 10.2 Å². The number of nitrogens with zero attached hydrogens (tertiary/aromatic N) is 1. The van der Waals surface area contributed by atoms with Crippen molar-refractivity contribution in [2.45, 2.75) is 52.6 Å². The Labute approximate surface area is 110 Å². The maximum absolute atomic E-state index is 11.5. The standard InChI is InChI=1S/C14H27NO3/c1-5-14(12(16)17)7-6-8-15(10-14)9-13(4,18)11(2)3/h11,18H,5-10H2,1-4H3,(H,16,17). The van der Waals surface area contributed by atoms with Gasteiger partial charge in [-0.2, -0.15) is 0 Å². The summed E-state index contributed by atoms with van der Waals surface area (Å²) >= 11 is 0. The number of likely N-dealkylation sites (tertiary alicyclic amines) is 1. The zero-order chi connectivity index (χ0) is 14.0. The van der Waals surface area contributed by atoms with Crippen LogP contribution < -0.4 is 0 Å². The Morgan fingerprint density at radius 2 is 2.11 bits per heavy atom. The van der Waals surface area contributed by atoms with Crippen molar-refractivity contribution in [1.82, 2.24) is 4.90 Å². The van der Waals surface area contributed by atoms with Gasteiger partial charge in [0, 0.05) is 13.1 Å². The summed E-state index contributed by atoms with van der Waals surface area (Å²) in [5.41, 5.74) is -1.37. The van der Waals surface area contributed by atoms with E-state index in [-0.39, 0.29) is 5.92 Å². The van der Waals surface area contributed by atoms with E-state index >= 15 is 0 Å². The van der Waals surface area contributed by atoms with Gasteiger partial charge in [0.05, 0.1) is 11.0 Å². The minimum Gasteiger partial charge on any atom is -0.481 e. The van der Waals surface area contributed by atoms with Gasteiger partial charge in [0.1, 0.15) is 0 Å². The second kappa shape index (κ2) is 5.57. The number of β-amino-alcohol motifs (C(OH)–C–C–N with tert-alkyl or cyclic N) is 1. The molecule has 2 unspecified atom stereocenters. The number of aliphatic carboxylic acids is 1. The lowest BCUT2D eigenvalue weighted by molar-refractivity contribution is -0.154. The predicted octanol–water partition coefficient (Wildman–Crippen LogP) is 1.97. The van der Waals surface area contributed by atoms with Crippen molar-refractivity contribution in [3.63, 3.8) is 0 Å². The third-order valence-electron chi connectivity index (χ3n) is 4.57. The average Bonchev–Trinajstić information content (AvgIpc) is 2.28. The van der Waals surface area contributed by atoms with Gasteiger partial charge >= 0.3 is 5.97 Å². The van der Waals surface area contributed by atoms with E-state index in [9.17, 15) is 15.0 Å². The van der Waals surface area contributed by atoms with Crippen LogP contribution in [-0.2, 0) is 4.79 Å². The van der Waals surface area contributed by atoms with Crippen LogP contribution in [0.4, 0.5) is 0 Å². The lowest BCUT2D eigenvalue weighted by atomic mass is 9.77. The zero-order valence-corrected chi connectivity index (χ0v) is 12.1. The lowest BCUT2D eigenvalue weighted by Gasteiger charge is -2.43. The van der Waals surface area contributed by atoms with E-state index < -0.39 is 17.0 Å². The monoisotopic (exact) mass is 257 g/mol. The molecule has 0 aliphatic carbocycles. The van der Waals surface area contributed by atoms with Crippen molar-refractivity contribution >= 4 is 5.97 Å². The smallest absolute Gasteiger partial charge is 0.310 e. The average molecular weight is 257 g/mol. The SMILES string of the molecule is CCC1(C(=O)O)CCCN(CC(C)(O)C(C)C)C1. The van der Waals surface area contributed by atoms with E-state index in [1.807, 2.05) is 27.7 Å². The molecule has 0 aromatic carbocycles. The van der Waals surface area contributed by atoms with Crippen molar-refractivity contribution in [3.8, 4) is 0 Å². The maximum atomic E-state index is 11.5. The summed E-state index contributed by atoms with van der Waals surface area (Å²) in [7, 11) is 0. The number of carbonyl (C=O) groups is 1. The van der Waals surface area contributed by atoms with Crippen LogP contribution in [0.15, 0.2) is 0 Å². The van der Waals surface area contributed by atoms with E-state index in [0.29, 0.717) is 19.5 Å². The number of rotatable bonds is 5. The number of piperidine rings is 1. The highest BCUT2D eigenvalue weighted by atomic mass is 16.4. The fourth-order valence-electron chi connectivity index (χ4n) is 2.61. The Morgan fingerprint density at radius 1 is 1.50 bits per heavy atom. The Hall–Kier alpha value is -0.610. The highest BCUT2D eigenvalue weighted by Crippen LogP contribution is 2.34. The minimum absolute atomic E-state index is 0.167. The maximum Gasteiger partial charge on any atom is 0.310 e. The van der Waals surface area contributed by atoms with Crippen LogP contribution >= 0.6 is 0 Å². The summed E-state index contributed by atoms with van der Waals surface area (Å²) in [6.07, 6.45) is 2.30. The molecular formula is C14H27NO3. The Morgan fingerprint density at radius 3 is 2.56 bits per heavy atom. The molecule has 4 heteroatoms. The summed E-state index contributed by atoms with van der Waals surface area (Å²) < 4.78 is 0. The quantitative estimate of drug-likeness (QED) is 0.790. The largest absolute Gasteiger partial charge is 0.481 e. The Bertz CT molecular complexity index is 301. The highest BCUT2D eigenvalue weighted by molar-refractivity contribution is 5.75. The first kappa shape index (κ1) is 15.4. The van der Waals surface area contributed by atoms with Crippen LogP contribution in [-0.4, -0.2) is 46.3 Å². The second-order valence-electron chi connectivity index (χ2n) is 6.27. The van der Waals surface area contributed by atoms with E-state index in [1.165, 1.54) is 0 Å². The molecule has 0 aromatic heterocycles. The molecule has 2 atom stereocenters. The third kappa shape index (κ3) is 3.23. The Balaban J connectivity index is 2.73. The van der Waals surface area contributed by atoms with E-state index in [1.54, 1.807) is 0 Å². The topological polar surface area (TPSA) is 60.8 Å².